The molecule has 0 unspecified atom stereocenters. The number of carbonyl (C=O) groups is 2. The van der Waals surface area contributed by atoms with Gasteiger partial charge in [0.1, 0.15) is 5.82 Å². The van der Waals surface area contributed by atoms with E-state index in [1.165, 1.54) is 32.4 Å². The van der Waals surface area contributed by atoms with Gasteiger partial charge in [-0.15, -0.1) is 0 Å². The molecule has 0 amide bonds. The van der Waals surface area contributed by atoms with Crippen molar-refractivity contribution < 1.29 is 23.5 Å². The van der Waals surface area contributed by atoms with Crippen LogP contribution in [0.3, 0.4) is 0 Å². The van der Waals surface area contributed by atoms with Gasteiger partial charge in [0.15, 0.2) is 0 Å². The molecular weight excluding hydrogens is 287 g/mol. The molecule has 5 heteroatoms. The molecule has 22 heavy (non-hydrogen) atoms. The van der Waals surface area contributed by atoms with E-state index in [2.05, 4.69) is 4.74 Å². The molecule has 0 radical (unpaired) electrons. The highest BCUT2D eigenvalue weighted by atomic mass is 19.1. The van der Waals surface area contributed by atoms with Crippen LogP contribution in [0.1, 0.15) is 31.8 Å². The van der Waals surface area contributed by atoms with Gasteiger partial charge in [-0.05, 0) is 41.8 Å². The number of carbonyl (C=O) groups excluding carboxylic acids is 2. The summed E-state index contributed by atoms with van der Waals surface area (Å²) >= 11 is 0. The van der Waals surface area contributed by atoms with Crippen LogP contribution in [0.25, 0.3) is 0 Å². The van der Waals surface area contributed by atoms with Crippen molar-refractivity contribution >= 4 is 11.9 Å². The van der Waals surface area contributed by atoms with Gasteiger partial charge >= 0.3 is 11.9 Å². The summed E-state index contributed by atoms with van der Waals surface area (Å²) < 4.78 is 22.3. The molecule has 0 bridgehead atoms. The first-order valence-electron chi connectivity index (χ1n) is 6.59. The average Bonchev–Trinajstić information content (AvgIpc) is 2.55. The lowest BCUT2D eigenvalue weighted by atomic mass is 9.97. The first-order chi connectivity index (χ1) is 10.5. The molecule has 0 heterocycles. The van der Waals surface area contributed by atoms with Gasteiger partial charge in [-0.2, -0.15) is 0 Å². The van der Waals surface area contributed by atoms with E-state index in [0.717, 1.165) is 5.56 Å². The third-order valence-corrected chi connectivity index (χ3v) is 3.24. The normalized spacial score (nSPS) is 10.1. The third-order valence-electron chi connectivity index (χ3n) is 3.24. The Balaban J connectivity index is 2.39. The summed E-state index contributed by atoms with van der Waals surface area (Å²) in [4.78, 5) is 23.5. The number of ether oxygens (including phenoxy) is 2. The molecule has 0 N–H and O–H groups in total. The van der Waals surface area contributed by atoms with E-state index < -0.39 is 11.9 Å². The zero-order valence-corrected chi connectivity index (χ0v) is 12.3. The quantitative estimate of drug-likeness (QED) is 0.815. The van der Waals surface area contributed by atoms with E-state index in [-0.39, 0.29) is 16.9 Å². The third kappa shape index (κ3) is 3.49. The van der Waals surface area contributed by atoms with Crippen molar-refractivity contribution in [2.75, 3.05) is 14.2 Å². The van der Waals surface area contributed by atoms with Crippen molar-refractivity contribution in [3.8, 4) is 0 Å². The SMILES string of the molecule is COC(=O)c1ccc(Cc2ccc(F)cc2)c(C(=O)OC)c1. The predicted octanol–water partition coefficient (Wildman–Crippen LogP) is 2.99. The van der Waals surface area contributed by atoms with E-state index in [9.17, 15) is 14.0 Å². The molecule has 0 atom stereocenters. The number of benzene rings is 2. The number of methoxy groups -OCH3 is 2. The van der Waals surface area contributed by atoms with E-state index in [1.54, 1.807) is 24.3 Å². The zero-order valence-electron chi connectivity index (χ0n) is 12.3. The Bertz CT molecular complexity index is 692. The van der Waals surface area contributed by atoms with Gasteiger partial charge in [0.05, 0.1) is 25.3 Å². The molecule has 0 aliphatic rings. The fraction of sp³-hybridized carbons (Fsp3) is 0.176. The van der Waals surface area contributed by atoms with Crippen LogP contribution in [0.5, 0.6) is 0 Å². The molecule has 114 valence electrons. The van der Waals surface area contributed by atoms with Crippen molar-refractivity contribution in [2.45, 2.75) is 6.42 Å². The Labute approximate surface area is 127 Å². The summed E-state index contributed by atoms with van der Waals surface area (Å²) in [6.45, 7) is 0. The van der Waals surface area contributed by atoms with Gasteiger partial charge in [0.25, 0.3) is 0 Å². The molecule has 0 fully saturated rings. The number of hydrogen-bond acceptors (Lipinski definition) is 4. The minimum atomic E-state index is -0.539. The summed E-state index contributed by atoms with van der Waals surface area (Å²) in [5.74, 6) is -1.39. The van der Waals surface area contributed by atoms with Crippen molar-refractivity contribution in [1.82, 2.24) is 0 Å². The van der Waals surface area contributed by atoms with Gasteiger partial charge in [0.2, 0.25) is 0 Å². The minimum absolute atomic E-state index is 0.269. The molecule has 0 aromatic heterocycles. The van der Waals surface area contributed by atoms with E-state index in [0.29, 0.717) is 12.0 Å². The lowest BCUT2D eigenvalue weighted by molar-refractivity contribution is 0.0598. The first kappa shape index (κ1) is 15.7. The second-order valence-electron chi connectivity index (χ2n) is 4.66. The van der Waals surface area contributed by atoms with Gasteiger partial charge in [-0.25, -0.2) is 14.0 Å². The maximum atomic E-state index is 12.9. The molecule has 4 nitrogen and oxygen atoms in total. The zero-order chi connectivity index (χ0) is 16.1. The molecule has 0 saturated heterocycles. The molecule has 2 aromatic carbocycles. The van der Waals surface area contributed by atoms with E-state index in [4.69, 9.17) is 4.74 Å². The van der Waals surface area contributed by atoms with Crippen LogP contribution in [-0.2, 0) is 15.9 Å². The smallest absolute Gasteiger partial charge is 0.338 e. The van der Waals surface area contributed by atoms with Crippen molar-refractivity contribution in [3.05, 3.63) is 70.5 Å². The lowest BCUT2D eigenvalue weighted by Crippen LogP contribution is -2.10. The van der Waals surface area contributed by atoms with Crippen LogP contribution in [0.4, 0.5) is 4.39 Å². The van der Waals surface area contributed by atoms with Gasteiger partial charge < -0.3 is 9.47 Å². The maximum Gasteiger partial charge on any atom is 0.338 e. The number of esters is 2. The molecule has 2 aromatic rings. The van der Waals surface area contributed by atoms with Gasteiger partial charge in [-0.3, -0.25) is 0 Å². The fourth-order valence-corrected chi connectivity index (χ4v) is 2.10. The number of rotatable bonds is 4. The van der Waals surface area contributed by atoms with Crippen LogP contribution in [0.15, 0.2) is 42.5 Å². The second kappa shape index (κ2) is 6.85. The molecular formula is C17H15FO4. The Morgan fingerprint density at radius 2 is 1.59 bits per heavy atom. The lowest BCUT2D eigenvalue weighted by Gasteiger charge is -2.10. The Kier molecular flexibility index (Phi) is 4.88. The van der Waals surface area contributed by atoms with E-state index in [1.807, 2.05) is 0 Å². The average molecular weight is 302 g/mol. The molecule has 0 spiro atoms. The van der Waals surface area contributed by atoms with Crippen LogP contribution in [-0.4, -0.2) is 26.2 Å². The highest BCUT2D eigenvalue weighted by Crippen LogP contribution is 2.18. The molecule has 2 rings (SSSR count). The minimum Gasteiger partial charge on any atom is -0.465 e. The van der Waals surface area contributed by atoms with Crippen LogP contribution in [0, 0.1) is 5.82 Å². The number of halogens is 1. The topological polar surface area (TPSA) is 52.6 Å². The second-order valence-corrected chi connectivity index (χ2v) is 4.66. The van der Waals surface area contributed by atoms with E-state index >= 15 is 0 Å². The highest BCUT2D eigenvalue weighted by Gasteiger charge is 2.16. The molecule has 0 saturated carbocycles. The predicted molar refractivity (Wildman–Crippen MR) is 78.3 cm³/mol. The Morgan fingerprint density at radius 1 is 0.955 bits per heavy atom. The monoisotopic (exact) mass is 302 g/mol. The van der Waals surface area contributed by atoms with Crippen LogP contribution >= 0.6 is 0 Å². The summed E-state index contributed by atoms with van der Waals surface area (Å²) in [6.07, 6.45) is 0.423. The highest BCUT2D eigenvalue weighted by molar-refractivity contribution is 5.96. The Morgan fingerprint density at radius 3 is 2.18 bits per heavy atom. The van der Waals surface area contributed by atoms with Crippen molar-refractivity contribution in [1.29, 1.82) is 0 Å². The standard InChI is InChI=1S/C17H15FO4/c1-21-16(19)13-6-5-12(15(10-13)17(20)22-2)9-11-3-7-14(18)8-4-11/h3-8,10H,9H2,1-2H3. The van der Waals surface area contributed by atoms with Crippen LogP contribution in [0.2, 0.25) is 0 Å². The van der Waals surface area contributed by atoms with Crippen molar-refractivity contribution in [2.24, 2.45) is 0 Å². The summed E-state index contributed by atoms with van der Waals surface area (Å²) in [5.41, 5.74) is 2.09. The maximum absolute atomic E-state index is 12.9. The molecule has 0 aliphatic heterocycles. The summed E-state index contributed by atoms with van der Waals surface area (Å²) in [6, 6.07) is 10.7. The van der Waals surface area contributed by atoms with Gasteiger partial charge in [0, 0.05) is 0 Å². The Hall–Kier alpha value is -2.69. The first-order valence-corrected chi connectivity index (χ1v) is 6.59. The van der Waals surface area contributed by atoms with Crippen LogP contribution < -0.4 is 0 Å². The molecule has 0 aliphatic carbocycles. The number of hydrogen-bond donors (Lipinski definition) is 0. The van der Waals surface area contributed by atoms with Gasteiger partial charge in [-0.1, -0.05) is 18.2 Å². The summed E-state index contributed by atoms with van der Waals surface area (Å²) in [7, 11) is 2.54. The summed E-state index contributed by atoms with van der Waals surface area (Å²) in [5, 5.41) is 0. The fourth-order valence-electron chi connectivity index (χ4n) is 2.10. The largest absolute Gasteiger partial charge is 0.465 e. The van der Waals surface area contributed by atoms with Crippen molar-refractivity contribution in [3.63, 3.8) is 0 Å².